The van der Waals surface area contributed by atoms with E-state index in [2.05, 4.69) is 36.1 Å². The Morgan fingerprint density at radius 1 is 1.14 bits per heavy atom. The number of nitrogens with one attached hydrogen (secondary N) is 3. The lowest BCUT2D eigenvalue weighted by Gasteiger charge is -2.28. The van der Waals surface area contributed by atoms with Crippen LogP contribution in [0.3, 0.4) is 0 Å². The Balaban J connectivity index is 1.36. The van der Waals surface area contributed by atoms with Crippen molar-refractivity contribution in [3.63, 3.8) is 0 Å². The SMILES string of the molecule is O=C(/C=C/c1c(-n2cnnn2)ccc(Cl)c1F)N[C@@H](CC(=O)N1CCCCC1)C(=O)Nc1ccc2nc(C(=O)O)[nH]c2c1. The van der Waals surface area contributed by atoms with Crippen LogP contribution in [-0.4, -0.2) is 83.0 Å². The molecule has 1 aliphatic rings. The molecule has 0 unspecified atom stereocenters. The van der Waals surface area contributed by atoms with Crippen LogP contribution in [0.15, 0.2) is 42.7 Å². The zero-order chi connectivity index (χ0) is 30.5. The van der Waals surface area contributed by atoms with E-state index in [9.17, 15) is 28.7 Å². The molecule has 14 nitrogen and oxygen atoms in total. The molecule has 5 rings (SSSR count). The predicted octanol–water partition coefficient (Wildman–Crippen LogP) is 2.57. The molecule has 16 heteroatoms. The summed E-state index contributed by atoms with van der Waals surface area (Å²) >= 11 is 5.95. The minimum atomic E-state index is -1.29. The largest absolute Gasteiger partial charge is 0.475 e. The van der Waals surface area contributed by atoms with Gasteiger partial charge in [-0.3, -0.25) is 14.4 Å². The summed E-state index contributed by atoms with van der Waals surface area (Å²) in [6.07, 6.45) is 5.79. The summed E-state index contributed by atoms with van der Waals surface area (Å²) in [7, 11) is 0. The number of anilines is 1. The molecule has 0 aliphatic carbocycles. The molecule has 1 saturated heterocycles. The van der Waals surface area contributed by atoms with Gasteiger partial charge >= 0.3 is 5.97 Å². The second-order valence-electron chi connectivity index (χ2n) is 9.70. The maximum atomic E-state index is 14.9. The van der Waals surface area contributed by atoms with Gasteiger partial charge in [0.2, 0.25) is 23.5 Å². The lowest BCUT2D eigenvalue weighted by molar-refractivity contribution is -0.135. The smallest absolute Gasteiger partial charge is 0.371 e. The first-order valence-corrected chi connectivity index (χ1v) is 13.6. The van der Waals surface area contributed by atoms with Gasteiger partial charge in [-0.05, 0) is 66.1 Å². The molecule has 2 aromatic heterocycles. The number of imidazole rings is 1. The van der Waals surface area contributed by atoms with Crippen molar-refractivity contribution in [2.75, 3.05) is 18.4 Å². The molecule has 0 saturated carbocycles. The first kappa shape index (κ1) is 29.3. The molecule has 0 radical (unpaired) electrons. The topological polar surface area (TPSA) is 188 Å². The van der Waals surface area contributed by atoms with Gasteiger partial charge < -0.3 is 25.6 Å². The number of hydrogen-bond acceptors (Lipinski definition) is 8. The Bertz CT molecular complexity index is 1720. The standard InChI is InChI=1S/C27H25ClFN9O5/c28-17-6-8-21(38-14-30-35-36-38)16(24(17)29)5-9-22(39)32-20(13-23(40)37-10-2-1-3-11-37)26(41)31-15-4-7-18-19(12-15)34-25(33-18)27(42)43/h4-9,12,14,20H,1-3,10-11,13H2,(H,31,41)(H,32,39)(H,33,34)(H,42,43)/b9-5+/t20-/m0/s1. The van der Waals surface area contributed by atoms with Crippen LogP contribution in [0.5, 0.6) is 0 Å². The van der Waals surface area contributed by atoms with Crippen molar-refractivity contribution < 1.29 is 28.7 Å². The van der Waals surface area contributed by atoms with E-state index in [0.717, 1.165) is 25.3 Å². The van der Waals surface area contributed by atoms with Crippen LogP contribution in [0.2, 0.25) is 5.02 Å². The average molecular weight is 610 g/mol. The molecule has 0 bridgehead atoms. The predicted molar refractivity (Wildman–Crippen MR) is 152 cm³/mol. The zero-order valence-electron chi connectivity index (χ0n) is 22.5. The Hall–Kier alpha value is -5.18. The lowest BCUT2D eigenvalue weighted by atomic mass is 10.1. The highest BCUT2D eigenvalue weighted by atomic mass is 35.5. The monoisotopic (exact) mass is 609 g/mol. The molecule has 1 fully saturated rings. The summed E-state index contributed by atoms with van der Waals surface area (Å²) < 4.78 is 16.1. The molecule has 1 atom stereocenters. The van der Waals surface area contributed by atoms with Crippen LogP contribution in [0, 0.1) is 5.82 Å². The van der Waals surface area contributed by atoms with Gasteiger partial charge in [0.25, 0.3) is 0 Å². The van der Waals surface area contributed by atoms with E-state index in [4.69, 9.17) is 11.6 Å². The minimum Gasteiger partial charge on any atom is -0.475 e. The van der Waals surface area contributed by atoms with E-state index in [1.807, 2.05) is 0 Å². The molecule has 4 aromatic rings. The number of halogens is 2. The maximum absolute atomic E-state index is 14.9. The molecule has 1 aliphatic heterocycles. The maximum Gasteiger partial charge on any atom is 0.371 e. The van der Waals surface area contributed by atoms with Crippen molar-refractivity contribution in [2.45, 2.75) is 31.7 Å². The van der Waals surface area contributed by atoms with Crippen LogP contribution >= 0.6 is 11.6 Å². The number of tetrazole rings is 1. The third kappa shape index (κ3) is 6.83. The highest BCUT2D eigenvalue weighted by molar-refractivity contribution is 6.31. The molecule has 3 amide bonds. The van der Waals surface area contributed by atoms with Gasteiger partial charge in [-0.25, -0.2) is 14.2 Å². The van der Waals surface area contributed by atoms with Gasteiger partial charge in [0.1, 0.15) is 12.4 Å². The number of hydrogen-bond donors (Lipinski definition) is 4. The summed E-state index contributed by atoms with van der Waals surface area (Å²) in [5.74, 6) is -4.08. The van der Waals surface area contributed by atoms with Crippen LogP contribution < -0.4 is 10.6 Å². The second kappa shape index (κ2) is 12.8. The number of H-pyrrole nitrogens is 1. The molecule has 43 heavy (non-hydrogen) atoms. The molecule has 0 spiro atoms. The fourth-order valence-corrected chi connectivity index (χ4v) is 4.80. The Labute approximate surface area is 247 Å². The van der Waals surface area contributed by atoms with Crippen molar-refractivity contribution in [2.24, 2.45) is 0 Å². The van der Waals surface area contributed by atoms with Gasteiger partial charge in [0.05, 0.1) is 28.2 Å². The number of carbonyl (C=O) groups is 4. The number of aromatic carboxylic acids is 1. The number of likely N-dealkylation sites (tertiary alicyclic amines) is 1. The van der Waals surface area contributed by atoms with Crippen molar-refractivity contribution in [3.05, 3.63) is 65.0 Å². The highest BCUT2D eigenvalue weighted by Gasteiger charge is 2.27. The van der Waals surface area contributed by atoms with Crippen molar-refractivity contribution in [1.82, 2.24) is 40.4 Å². The Morgan fingerprint density at radius 2 is 1.93 bits per heavy atom. The number of nitrogens with zero attached hydrogens (tertiary/aromatic N) is 6. The number of carbonyl (C=O) groups excluding carboxylic acids is 3. The van der Waals surface area contributed by atoms with Gasteiger partial charge in [-0.1, -0.05) is 11.6 Å². The molecule has 222 valence electrons. The fraction of sp³-hybridized carbons (Fsp3) is 0.259. The highest BCUT2D eigenvalue weighted by Crippen LogP contribution is 2.25. The molecular formula is C27H25ClFN9O5. The lowest BCUT2D eigenvalue weighted by Crippen LogP contribution is -2.47. The molecule has 3 heterocycles. The van der Waals surface area contributed by atoms with E-state index in [1.54, 1.807) is 4.90 Å². The summed E-state index contributed by atoms with van der Waals surface area (Å²) in [6.45, 7) is 1.11. The second-order valence-corrected chi connectivity index (χ2v) is 10.1. The van der Waals surface area contributed by atoms with Crippen molar-refractivity contribution in [3.8, 4) is 5.69 Å². The molecule has 2 aromatic carbocycles. The van der Waals surface area contributed by atoms with Gasteiger partial charge in [0, 0.05) is 30.4 Å². The Kier molecular flexibility index (Phi) is 8.71. The number of carboxylic acid groups (broad SMARTS) is 1. The zero-order valence-corrected chi connectivity index (χ0v) is 23.2. The number of carboxylic acids is 1. The first-order chi connectivity index (χ1) is 20.7. The van der Waals surface area contributed by atoms with Crippen molar-refractivity contribution in [1.29, 1.82) is 0 Å². The number of piperidine rings is 1. The van der Waals surface area contributed by atoms with Crippen molar-refractivity contribution >= 4 is 58.1 Å². The number of aromatic nitrogens is 6. The summed E-state index contributed by atoms with van der Waals surface area (Å²) in [4.78, 5) is 58.9. The third-order valence-corrected chi connectivity index (χ3v) is 7.07. The summed E-state index contributed by atoms with van der Waals surface area (Å²) in [6, 6.07) is 6.02. The van der Waals surface area contributed by atoms with E-state index in [-0.39, 0.29) is 40.1 Å². The van der Waals surface area contributed by atoms with E-state index < -0.39 is 29.6 Å². The minimum absolute atomic E-state index is 0.0751. The number of amides is 3. The number of rotatable bonds is 9. The van der Waals surface area contributed by atoms with Crippen LogP contribution in [0.25, 0.3) is 22.8 Å². The number of fused-ring (bicyclic) bond motifs is 1. The van der Waals surface area contributed by atoms with Gasteiger partial charge in [-0.15, -0.1) is 5.10 Å². The third-order valence-electron chi connectivity index (χ3n) is 6.78. The molecule has 4 N–H and O–H groups in total. The van der Waals surface area contributed by atoms with Crippen LogP contribution in [-0.2, 0) is 14.4 Å². The Morgan fingerprint density at radius 3 is 2.65 bits per heavy atom. The first-order valence-electron chi connectivity index (χ1n) is 13.2. The quantitative estimate of drug-likeness (QED) is 0.207. The van der Waals surface area contributed by atoms with Crippen LogP contribution in [0.4, 0.5) is 10.1 Å². The van der Waals surface area contributed by atoms with Crippen LogP contribution in [0.1, 0.15) is 41.9 Å². The van der Waals surface area contributed by atoms with E-state index in [0.29, 0.717) is 24.1 Å². The summed E-state index contributed by atoms with van der Waals surface area (Å²) in [5, 5.41) is 25.0. The summed E-state index contributed by atoms with van der Waals surface area (Å²) in [5.41, 5.74) is 1.16. The normalized spacial score (nSPS) is 14.1. The fourth-order valence-electron chi connectivity index (χ4n) is 4.64. The van der Waals surface area contributed by atoms with Gasteiger partial charge in [-0.2, -0.15) is 4.68 Å². The van der Waals surface area contributed by atoms with E-state index >= 15 is 0 Å². The van der Waals surface area contributed by atoms with E-state index in [1.165, 1.54) is 47.4 Å². The average Bonchev–Trinajstić information content (AvgIpc) is 3.68. The number of benzene rings is 2. The number of aromatic amines is 1. The molecular weight excluding hydrogens is 585 g/mol. The van der Waals surface area contributed by atoms with Gasteiger partial charge in [0.15, 0.2) is 5.82 Å².